The maximum Gasteiger partial charge on any atom is 0.232 e. The van der Waals surface area contributed by atoms with Gasteiger partial charge >= 0.3 is 0 Å². The fourth-order valence-electron chi connectivity index (χ4n) is 1.01. The minimum Gasteiger partial charge on any atom is -0.393 e. The zero-order valence-electron chi connectivity index (χ0n) is 9.06. The summed E-state index contributed by atoms with van der Waals surface area (Å²) < 4.78 is 5.04. The van der Waals surface area contributed by atoms with Gasteiger partial charge in [0, 0.05) is 0 Å². The molecule has 0 bridgehead atoms. The van der Waals surface area contributed by atoms with Gasteiger partial charge in [-0.25, -0.2) is 0 Å². The first-order valence-corrected chi connectivity index (χ1v) is 4.66. The smallest absolute Gasteiger partial charge is 0.232 e. The van der Waals surface area contributed by atoms with Crippen molar-refractivity contribution in [3.05, 3.63) is 11.7 Å². The number of aliphatic hydroxyl groups is 1. The number of nitrogens with zero attached hydrogens (tertiary/aromatic N) is 3. The molecule has 1 heterocycles. The highest BCUT2D eigenvalue weighted by atomic mass is 16.5. The van der Waals surface area contributed by atoms with E-state index in [1.807, 2.05) is 25.9 Å². The van der Waals surface area contributed by atoms with Crippen molar-refractivity contribution in [1.82, 2.24) is 15.0 Å². The Labute approximate surface area is 83.7 Å². The highest BCUT2D eigenvalue weighted by molar-refractivity contribution is 4.94. The summed E-state index contributed by atoms with van der Waals surface area (Å²) in [5.74, 6) is 1.03. The Balaban J connectivity index is 2.67. The van der Waals surface area contributed by atoms with Crippen LogP contribution in [0.25, 0.3) is 0 Å². The van der Waals surface area contributed by atoms with Crippen LogP contribution in [0, 0.1) is 0 Å². The Hall–Kier alpha value is -0.940. The molecular formula is C9H17N3O2. The first-order valence-electron chi connectivity index (χ1n) is 4.66. The Kier molecular flexibility index (Phi) is 3.60. The van der Waals surface area contributed by atoms with E-state index in [0.717, 1.165) is 0 Å². The first-order chi connectivity index (χ1) is 6.50. The van der Waals surface area contributed by atoms with E-state index in [-0.39, 0.29) is 5.92 Å². The van der Waals surface area contributed by atoms with Crippen LogP contribution in [0.3, 0.4) is 0 Å². The van der Waals surface area contributed by atoms with Crippen LogP contribution in [-0.4, -0.2) is 40.3 Å². The quantitative estimate of drug-likeness (QED) is 0.770. The molecule has 1 rings (SSSR count). The highest BCUT2D eigenvalue weighted by Crippen LogP contribution is 2.16. The molecule has 0 fully saturated rings. The summed E-state index contributed by atoms with van der Waals surface area (Å²) in [6.45, 7) is 4.22. The second-order valence-electron chi connectivity index (χ2n) is 3.82. The van der Waals surface area contributed by atoms with Gasteiger partial charge in [0.05, 0.1) is 18.6 Å². The Morgan fingerprint density at radius 3 is 2.57 bits per heavy atom. The lowest BCUT2D eigenvalue weighted by Crippen LogP contribution is -2.13. The molecule has 1 aromatic heterocycles. The van der Waals surface area contributed by atoms with Gasteiger partial charge in [-0.2, -0.15) is 4.98 Å². The minimum atomic E-state index is -0.470. The molecule has 5 nitrogen and oxygen atoms in total. The van der Waals surface area contributed by atoms with Crippen molar-refractivity contribution in [3.8, 4) is 0 Å². The molecule has 0 radical (unpaired) electrons. The molecule has 14 heavy (non-hydrogen) atoms. The van der Waals surface area contributed by atoms with Crippen LogP contribution in [0.15, 0.2) is 4.52 Å². The summed E-state index contributed by atoms with van der Waals surface area (Å²) in [6, 6.07) is 0. The van der Waals surface area contributed by atoms with Gasteiger partial charge in [-0.1, -0.05) is 12.1 Å². The van der Waals surface area contributed by atoms with Crippen molar-refractivity contribution >= 4 is 0 Å². The molecule has 0 saturated carbocycles. The van der Waals surface area contributed by atoms with Crippen LogP contribution < -0.4 is 0 Å². The molecule has 0 aromatic carbocycles. The van der Waals surface area contributed by atoms with Crippen LogP contribution in [0.4, 0.5) is 0 Å². The van der Waals surface area contributed by atoms with E-state index in [2.05, 4.69) is 10.1 Å². The molecule has 0 spiro atoms. The van der Waals surface area contributed by atoms with Gasteiger partial charge in [-0.15, -0.1) is 0 Å². The molecule has 2 atom stereocenters. The zero-order valence-corrected chi connectivity index (χ0v) is 9.06. The van der Waals surface area contributed by atoms with E-state index in [1.54, 1.807) is 6.92 Å². The van der Waals surface area contributed by atoms with Crippen LogP contribution in [0.1, 0.15) is 31.5 Å². The van der Waals surface area contributed by atoms with E-state index >= 15 is 0 Å². The molecule has 0 aliphatic heterocycles. The average Bonchev–Trinajstić information content (AvgIpc) is 2.50. The molecule has 0 amide bonds. The highest BCUT2D eigenvalue weighted by Gasteiger charge is 2.18. The van der Waals surface area contributed by atoms with Gasteiger partial charge in [0.2, 0.25) is 5.89 Å². The van der Waals surface area contributed by atoms with E-state index in [1.165, 1.54) is 0 Å². The largest absolute Gasteiger partial charge is 0.393 e. The summed E-state index contributed by atoms with van der Waals surface area (Å²) in [6.07, 6.45) is -0.470. The fourth-order valence-corrected chi connectivity index (χ4v) is 1.01. The molecule has 1 N–H and O–H groups in total. The lowest BCUT2D eigenvalue weighted by molar-refractivity contribution is 0.151. The van der Waals surface area contributed by atoms with Crippen molar-refractivity contribution < 1.29 is 9.63 Å². The standard InChI is InChI=1S/C9H17N3O2/c1-6(7(2)13)9-10-8(11-14-9)5-12(3)4/h6-7,13H,5H2,1-4H3. The Bertz CT molecular complexity index is 283. The molecular weight excluding hydrogens is 182 g/mol. The van der Waals surface area contributed by atoms with Crippen LogP contribution in [0.2, 0.25) is 0 Å². The normalized spacial score (nSPS) is 15.9. The van der Waals surface area contributed by atoms with E-state index in [9.17, 15) is 5.11 Å². The van der Waals surface area contributed by atoms with Gasteiger partial charge < -0.3 is 14.5 Å². The monoisotopic (exact) mass is 199 g/mol. The third-order valence-electron chi connectivity index (χ3n) is 2.05. The zero-order chi connectivity index (χ0) is 10.7. The number of aromatic nitrogens is 2. The summed E-state index contributed by atoms with van der Waals surface area (Å²) in [5, 5.41) is 13.1. The average molecular weight is 199 g/mol. The molecule has 0 saturated heterocycles. The lowest BCUT2D eigenvalue weighted by Gasteiger charge is -2.08. The third-order valence-corrected chi connectivity index (χ3v) is 2.05. The topological polar surface area (TPSA) is 62.4 Å². The van der Waals surface area contributed by atoms with Gasteiger partial charge in [0.25, 0.3) is 0 Å². The van der Waals surface area contributed by atoms with Gasteiger partial charge in [-0.05, 0) is 21.0 Å². The van der Waals surface area contributed by atoms with Crippen molar-refractivity contribution in [3.63, 3.8) is 0 Å². The number of hydrogen-bond acceptors (Lipinski definition) is 5. The van der Waals surface area contributed by atoms with Gasteiger partial charge in [0.1, 0.15) is 0 Å². The summed E-state index contributed by atoms with van der Waals surface area (Å²) in [5.41, 5.74) is 0. The van der Waals surface area contributed by atoms with Crippen molar-refractivity contribution in [2.24, 2.45) is 0 Å². The second-order valence-corrected chi connectivity index (χ2v) is 3.82. The summed E-state index contributed by atoms with van der Waals surface area (Å²) in [7, 11) is 3.88. The molecule has 1 aromatic rings. The van der Waals surface area contributed by atoms with Crippen molar-refractivity contribution in [2.45, 2.75) is 32.4 Å². The third kappa shape index (κ3) is 2.78. The lowest BCUT2D eigenvalue weighted by atomic mass is 10.1. The molecule has 0 aliphatic rings. The van der Waals surface area contributed by atoms with Crippen LogP contribution >= 0.6 is 0 Å². The van der Waals surface area contributed by atoms with Gasteiger partial charge in [-0.3, -0.25) is 0 Å². The van der Waals surface area contributed by atoms with Crippen LogP contribution in [0.5, 0.6) is 0 Å². The predicted molar refractivity (Wildman–Crippen MR) is 51.8 cm³/mol. The maximum atomic E-state index is 9.33. The van der Waals surface area contributed by atoms with E-state index in [0.29, 0.717) is 18.3 Å². The van der Waals surface area contributed by atoms with E-state index in [4.69, 9.17) is 4.52 Å². The number of aliphatic hydroxyl groups excluding tert-OH is 1. The SMILES string of the molecule is CC(O)C(C)c1nc(CN(C)C)no1. The van der Waals surface area contributed by atoms with Crippen LogP contribution in [-0.2, 0) is 6.54 Å². The Morgan fingerprint density at radius 2 is 2.07 bits per heavy atom. The Morgan fingerprint density at radius 1 is 1.43 bits per heavy atom. The summed E-state index contributed by atoms with van der Waals surface area (Å²) >= 11 is 0. The molecule has 0 aliphatic carbocycles. The maximum absolute atomic E-state index is 9.33. The molecule has 5 heteroatoms. The first kappa shape index (κ1) is 11.1. The van der Waals surface area contributed by atoms with E-state index < -0.39 is 6.10 Å². The predicted octanol–water partition coefficient (Wildman–Crippen LogP) is 0.615. The summed E-state index contributed by atoms with van der Waals surface area (Å²) in [4.78, 5) is 6.15. The van der Waals surface area contributed by atoms with Crippen molar-refractivity contribution in [2.75, 3.05) is 14.1 Å². The fraction of sp³-hybridized carbons (Fsp3) is 0.778. The number of hydrogen-bond donors (Lipinski definition) is 1. The molecule has 2 unspecified atom stereocenters. The number of rotatable bonds is 4. The van der Waals surface area contributed by atoms with Gasteiger partial charge in [0.15, 0.2) is 5.82 Å². The second kappa shape index (κ2) is 4.52. The minimum absolute atomic E-state index is 0.113. The molecule has 80 valence electrons. The van der Waals surface area contributed by atoms with Crippen molar-refractivity contribution in [1.29, 1.82) is 0 Å².